The third-order valence-corrected chi connectivity index (χ3v) is 4.11. The summed E-state index contributed by atoms with van der Waals surface area (Å²) in [5, 5.41) is 0. The van der Waals surface area contributed by atoms with Gasteiger partial charge in [-0.2, -0.15) is 0 Å². The lowest BCUT2D eigenvalue weighted by Crippen LogP contribution is -2.20. The van der Waals surface area contributed by atoms with E-state index >= 15 is 0 Å². The average molecular weight is 267 g/mol. The van der Waals surface area contributed by atoms with Crippen molar-refractivity contribution in [1.29, 1.82) is 0 Å². The van der Waals surface area contributed by atoms with Gasteiger partial charge < -0.3 is 0 Å². The third-order valence-electron chi connectivity index (χ3n) is 4.11. The van der Waals surface area contributed by atoms with Crippen LogP contribution in [0.4, 0.5) is 0 Å². The summed E-state index contributed by atoms with van der Waals surface area (Å²) in [7, 11) is 0. The molecule has 0 N–H and O–H groups in total. The maximum atomic E-state index is 4.58. The Morgan fingerprint density at radius 3 is 2.85 bits per heavy atom. The van der Waals surface area contributed by atoms with Crippen LogP contribution in [0.15, 0.2) is 36.5 Å². The molecule has 3 heteroatoms. The summed E-state index contributed by atoms with van der Waals surface area (Å²) >= 11 is 0. The lowest BCUT2D eigenvalue weighted by molar-refractivity contribution is 0.325. The van der Waals surface area contributed by atoms with E-state index in [-0.39, 0.29) is 0 Å². The van der Waals surface area contributed by atoms with Crippen LogP contribution in [0.2, 0.25) is 0 Å². The second-order valence-corrected chi connectivity index (χ2v) is 5.70. The molecule has 2 aromatic rings. The molecular formula is C17H21N3. The van der Waals surface area contributed by atoms with Crippen LogP contribution >= 0.6 is 0 Å². The predicted octanol–water partition coefficient (Wildman–Crippen LogP) is 3.08. The minimum absolute atomic E-state index is 0.485. The molecule has 3 nitrogen and oxygen atoms in total. The van der Waals surface area contributed by atoms with E-state index in [4.69, 9.17) is 0 Å². The second-order valence-electron chi connectivity index (χ2n) is 5.70. The third kappa shape index (κ3) is 2.88. The van der Waals surface area contributed by atoms with E-state index < -0.39 is 0 Å². The summed E-state index contributed by atoms with van der Waals surface area (Å²) in [6.07, 6.45) is 3.04. The average Bonchev–Trinajstić information content (AvgIpc) is 2.90. The van der Waals surface area contributed by atoms with Gasteiger partial charge in [0.05, 0.1) is 0 Å². The zero-order valence-electron chi connectivity index (χ0n) is 12.2. The first kappa shape index (κ1) is 13.3. The van der Waals surface area contributed by atoms with Gasteiger partial charge in [-0.3, -0.25) is 4.90 Å². The highest BCUT2D eigenvalue weighted by atomic mass is 15.1. The van der Waals surface area contributed by atoms with Gasteiger partial charge in [-0.05, 0) is 44.0 Å². The van der Waals surface area contributed by atoms with E-state index in [1.165, 1.54) is 11.1 Å². The largest absolute Gasteiger partial charge is 0.298 e. The summed E-state index contributed by atoms with van der Waals surface area (Å²) in [4.78, 5) is 11.5. The zero-order chi connectivity index (χ0) is 13.9. The van der Waals surface area contributed by atoms with Crippen LogP contribution in [0.5, 0.6) is 0 Å². The summed E-state index contributed by atoms with van der Waals surface area (Å²) in [6.45, 7) is 7.46. The Kier molecular flexibility index (Phi) is 3.79. The first-order chi connectivity index (χ1) is 9.72. The molecule has 104 valence electrons. The summed E-state index contributed by atoms with van der Waals surface area (Å²) in [5.41, 5.74) is 3.87. The second kappa shape index (κ2) is 5.71. The number of likely N-dealkylation sites (tertiary alicyclic amines) is 1. The van der Waals surface area contributed by atoms with Crippen molar-refractivity contribution in [2.45, 2.75) is 32.7 Å². The quantitative estimate of drug-likeness (QED) is 0.855. The molecule has 0 radical (unpaired) electrons. The predicted molar refractivity (Wildman–Crippen MR) is 80.6 cm³/mol. The number of aryl methyl sites for hydroxylation is 2. The van der Waals surface area contributed by atoms with Gasteiger partial charge in [0.15, 0.2) is 0 Å². The molecule has 1 aliphatic heterocycles. The number of nitrogens with zero attached hydrogens (tertiary/aromatic N) is 3. The number of hydrogen-bond donors (Lipinski definition) is 0. The van der Waals surface area contributed by atoms with Gasteiger partial charge in [0, 0.05) is 30.9 Å². The van der Waals surface area contributed by atoms with Gasteiger partial charge in [0.2, 0.25) is 0 Å². The lowest BCUT2D eigenvalue weighted by Gasteiger charge is -2.17. The first-order valence-electron chi connectivity index (χ1n) is 7.29. The Balaban J connectivity index is 1.67. The number of rotatable bonds is 3. The molecule has 1 aromatic heterocycles. The highest BCUT2D eigenvalue weighted by Crippen LogP contribution is 2.26. The SMILES string of the molecule is Cc1ccnc([C@@H]2CCN(Cc3ccccc3C)C2)n1. The molecule has 0 bridgehead atoms. The molecule has 0 unspecified atom stereocenters. The van der Waals surface area contributed by atoms with E-state index in [1.54, 1.807) is 0 Å². The smallest absolute Gasteiger partial charge is 0.132 e. The lowest BCUT2D eigenvalue weighted by atomic mass is 10.1. The molecule has 0 aliphatic carbocycles. The van der Waals surface area contributed by atoms with Gasteiger partial charge in [0.1, 0.15) is 5.82 Å². The monoisotopic (exact) mass is 267 g/mol. The minimum atomic E-state index is 0.485. The summed E-state index contributed by atoms with van der Waals surface area (Å²) in [6, 6.07) is 10.6. The van der Waals surface area contributed by atoms with E-state index in [1.807, 2.05) is 19.2 Å². The Morgan fingerprint density at radius 2 is 2.05 bits per heavy atom. The molecule has 2 heterocycles. The molecule has 0 amide bonds. The van der Waals surface area contributed by atoms with Gasteiger partial charge in [-0.25, -0.2) is 9.97 Å². The zero-order valence-corrected chi connectivity index (χ0v) is 12.2. The van der Waals surface area contributed by atoms with Crippen molar-refractivity contribution < 1.29 is 0 Å². The molecule has 20 heavy (non-hydrogen) atoms. The van der Waals surface area contributed by atoms with Gasteiger partial charge >= 0.3 is 0 Å². The normalized spacial score (nSPS) is 19.4. The minimum Gasteiger partial charge on any atom is -0.298 e. The van der Waals surface area contributed by atoms with E-state index in [0.29, 0.717) is 5.92 Å². The molecule has 1 aliphatic rings. The molecule has 1 saturated heterocycles. The Labute approximate surface area is 120 Å². The highest BCUT2D eigenvalue weighted by molar-refractivity contribution is 5.25. The Hall–Kier alpha value is -1.74. The standard InChI is InChI=1S/C17H21N3/c1-13-5-3-4-6-15(13)11-20-10-8-16(12-20)17-18-9-7-14(2)19-17/h3-7,9,16H,8,10-12H2,1-2H3/t16-/m1/s1. The van der Waals surface area contributed by atoms with Crippen LogP contribution in [0, 0.1) is 13.8 Å². The van der Waals surface area contributed by atoms with E-state index in [2.05, 4.69) is 46.1 Å². The fourth-order valence-corrected chi connectivity index (χ4v) is 2.88. The Morgan fingerprint density at radius 1 is 1.20 bits per heavy atom. The number of hydrogen-bond acceptors (Lipinski definition) is 3. The van der Waals surface area contributed by atoms with Crippen molar-refractivity contribution in [1.82, 2.24) is 14.9 Å². The molecule has 0 spiro atoms. The van der Waals surface area contributed by atoms with Crippen molar-refractivity contribution in [3.05, 3.63) is 59.2 Å². The Bertz CT molecular complexity index is 594. The first-order valence-corrected chi connectivity index (χ1v) is 7.29. The van der Waals surface area contributed by atoms with E-state index in [9.17, 15) is 0 Å². The van der Waals surface area contributed by atoms with Crippen molar-refractivity contribution in [3.63, 3.8) is 0 Å². The molecule has 0 saturated carbocycles. The number of aromatic nitrogens is 2. The fraction of sp³-hybridized carbons (Fsp3) is 0.412. The van der Waals surface area contributed by atoms with Gasteiger partial charge in [0.25, 0.3) is 0 Å². The topological polar surface area (TPSA) is 29.0 Å². The number of benzene rings is 1. The van der Waals surface area contributed by atoms with Gasteiger partial charge in [-0.1, -0.05) is 24.3 Å². The van der Waals surface area contributed by atoms with Crippen LogP contribution in [0.25, 0.3) is 0 Å². The van der Waals surface area contributed by atoms with Crippen molar-refractivity contribution >= 4 is 0 Å². The molecule has 1 aromatic carbocycles. The van der Waals surface area contributed by atoms with E-state index in [0.717, 1.165) is 37.6 Å². The maximum absolute atomic E-state index is 4.58. The van der Waals surface area contributed by atoms with Crippen LogP contribution in [0.3, 0.4) is 0 Å². The van der Waals surface area contributed by atoms with Crippen LogP contribution < -0.4 is 0 Å². The van der Waals surface area contributed by atoms with Crippen molar-refractivity contribution in [3.8, 4) is 0 Å². The fourth-order valence-electron chi connectivity index (χ4n) is 2.88. The molecule has 1 fully saturated rings. The van der Waals surface area contributed by atoms with Crippen LogP contribution in [-0.4, -0.2) is 28.0 Å². The summed E-state index contributed by atoms with van der Waals surface area (Å²) < 4.78 is 0. The van der Waals surface area contributed by atoms with Crippen molar-refractivity contribution in [2.75, 3.05) is 13.1 Å². The molecular weight excluding hydrogens is 246 g/mol. The van der Waals surface area contributed by atoms with Gasteiger partial charge in [-0.15, -0.1) is 0 Å². The van der Waals surface area contributed by atoms with Crippen LogP contribution in [0.1, 0.15) is 35.0 Å². The highest BCUT2D eigenvalue weighted by Gasteiger charge is 2.26. The summed E-state index contributed by atoms with van der Waals surface area (Å²) in [5.74, 6) is 1.50. The maximum Gasteiger partial charge on any atom is 0.132 e. The molecule has 1 atom stereocenters. The van der Waals surface area contributed by atoms with Crippen molar-refractivity contribution in [2.24, 2.45) is 0 Å². The van der Waals surface area contributed by atoms with Crippen LogP contribution in [-0.2, 0) is 6.54 Å². The molecule has 3 rings (SSSR count).